The minimum atomic E-state index is -3.63. The number of aromatic nitrogens is 1. The van der Waals surface area contributed by atoms with E-state index in [-0.39, 0.29) is 10.5 Å². The van der Waals surface area contributed by atoms with E-state index in [4.69, 9.17) is 4.42 Å². The Balaban J connectivity index is 1.80. The molecule has 116 valence electrons. The number of nitrogens with one attached hydrogen (secondary N) is 1. The van der Waals surface area contributed by atoms with E-state index >= 15 is 0 Å². The molecule has 0 bridgehead atoms. The highest BCUT2D eigenvalue weighted by Gasteiger charge is 2.16. The van der Waals surface area contributed by atoms with E-state index in [1.54, 1.807) is 24.5 Å². The lowest BCUT2D eigenvalue weighted by Crippen LogP contribution is -2.25. The van der Waals surface area contributed by atoms with Crippen LogP contribution in [0.15, 0.2) is 49.8 Å². The lowest BCUT2D eigenvalue weighted by atomic mass is 10.3. The molecular weight excluding hydrogens is 324 g/mol. The zero-order chi connectivity index (χ0) is 15.7. The standard InChI is InChI=1S/C14H14N2O4S2/c1-16-12-5-4-11(9-13(12)20-14(16)17)22(18,19)15-7-6-10-3-2-8-21-10/h2-5,8-9,15H,6-7H2,1H3. The summed E-state index contributed by atoms with van der Waals surface area (Å²) in [6.07, 6.45) is 0.638. The molecule has 0 unspecified atom stereocenters. The molecule has 2 aromatic heterocycles. The average molecular weight is 338 g/mol. The molecule has 0 aliphatic carbocycles. The number of aryl methyl sites for hydroxylation is 1. The van der Waals surface area contributed by atoms with Crippen molar-refractivity contribution in [2.45, 2.75) is 11.3 Å². The molecule has 0 atom stereocenters. The Bertz CT molecular complexity index is 953. The Hall–Kier alpha value is -1.90. The Labute approximate surface area is 131 Å². The summed E-state index contributed by atoms with van der Waals surface area (Å²) in [4.78, 5) is 12.6. The summed E-state index contributed by atoms with van der Waals surface area (Å²) >= 11 is 1.59. The summed E-state index contributed by atoms with van der Waals surface area (Å²) in [6, 6.07) is 8.28. The summed E-state index contributed by atoms with van der Waals surface area (Å²) < 4.78 is 33.4. The maximum absolute atomic E-state index is 12.3. The number of fused-ring (bicyclic) bond motifs is 1. The van der Waals surface area contributed by atoms with Gasteiger partial charge in [-0.25, -0.2) is 17.9 Å². The van der Waals surface area contributed by atoms with Crippen LogP contribution in [0.25, 0.3) is 11.1 Å². The highest BCUT2D eigenvalue weighted by molar-refractivity contribution is 7.89. The maximum Gasteiger partial charge on any atom is 0.419 e. The van der Waals surface area contributed by atoms with Gasteiger partial charge in [-0.15, -0.1) is 11.3 Å². The van der Waals surface area contributed by atoms with Gasteiger partial charge in [0.05, 0.1) is 10.4 Å². The molecule has 1 aromatic carbocycles. The summed E-state index contributed by atoms with van der Waals surface area (Å²) in [5.74, 6) is -0.518. The van der Waals surface area contributed by atoms with Gasteiger partial charge in [-0.05, 0) is 30.0 Å². The SMILES string of the molecule is Cn1c(=O)oc2cc(S(=O)(=O)NCCc3cccs3)ccc21. The highest BCUT2D eigenvalue weighted by atomic mass is 32.2. The normalized spacial score (nSPS) is 12.0. The van der Waals surface area contributed by atoms with Crippen LogP contribution in [0.1, 0.15) is 4.88 Å². The average Bonchev–Trinajstić information content (AvgIpc) is 3.08. The van der Waals surface area contributed by atoms with E-state index in [9.17, 15) is 13.2 Å². The topological polar surface area (TPSA) is 81.3 Å². The molecule has 3 rings (SSSR count). The van der Waals surface area contributed by atoms with Crippen LogP contribution in [0.5, 0.6) is 0 Å². The summed E-state index contributed by atoms with van der Waals surface area (Å²) in [5, 5.41) is 1.95. The first-order valence-electron chi connectivity index (χ1n) is 6.59. The number of benzene rings is 1. The first-order chi connectivity index (χ1) is 10.5. The predicted molar refractivity (Wildman–Crippen MR) is 84.7 cm³/mol. The molecule has 2 heterocycles. The van der Waals surface area contributed by atoms with E-state index in [1.807, 2.05) is 17.5 Å². The van der Waals surface area contributed by atoms with Crippen LogP contribution in [0.4, 0.5) is 0 Å². The predicted octanol–water partition coefficient (Wildman–Crippen LogP) is 1.71. The number of hydrogen-bond donors (Lipinski definition) is 1. The molecule has 0 fully saturated rings. The molecule has 0 saturated heterocycles. The lowest BCUT2D eigenvalue weighted by molar-refractivity contribution is 0.527. The largest absolute Gasteiger partial charge is 0.419 e. The van der Waals surface area contributed by atoms with Crippen molar-refractivity contribution in [3.05, 3.63) is 51.1 Å². The minimum Gasteiger partial charge on any atom is -0.408 e. The van der Waals surface area contributed by atoms with Crippen LogP contribution in [0, 0.1) is 0 Å². The van der Waals surface area contributed by atoms with Gasteiger partial charge in [0.2, 0.25) is 10.0 Å². The molecule has 0 aliphatic heterocycles. The van der Waals surface area contributed by atoms with Crippen molar-refractivity contribution in [3.8, 4) is 0 Å². The van der Waals surface area contributed by atoms with Gasteiger partial charge in [-0.3, -0.25) is 4.57 Å². The van der Waals surface area contributed by atoms with Gasteiger partial charge in [0.25, 0.3) is 0 Å². The van der Waals surface area contributed by atoms with Crippen LogP contribution >= 0.6 is 11.3 Å². The molecule has 0 amide bonds. The summed E-state index contributed by atoms with van der Waals surface area (Å²) in [7, 11) is -2.05. The van der Waals surface area contributed by atoms with Crippen molar-refractivity contribution >= 4 is 32.5 Å². The second-order valence-corrected chi connectivity index (χ2v) is 7.58. The molecule has 6 nitrogen and oxygen atoms in total. The molecule has 1 N–H and O–H groups in total. The van der Waals surface area contributed by atoms with Gasteiger partial charge < -0.3 is 4.42 Å². The third kappa shape index (κ3) is 2.85. The molecule has 22 heavy (non-hydrogen) atoms. The smallest absolute Gasteiger partial charge is 0.408 e. The molecule has 0 aliphatic rings. The second-order valence-electron chi connectivity index (χ2n) is 4.78. The van der Waals surface area contributed by atoms with Crippen molar-refractivity contribution < 1.29 is 12.8 Å². The van der Waals surface area contributed by atoms with Gasteiger partial charge in [0, 0.05) is 24.5 Å². The summed E-state index contributed by atoms with van der Waals surface area (Å²) in [5.41, 5.74) is 0.816. The van der Waals surface area contributed by atoms with Crippen LogP contribution in [0.2, 0.25) is 0 Å². The van der Waals surface area contributed by atoms with Crippen molar-refractivity contribution in [2.75, 3.05) is 6.54 Å². The van der Waals surface area contributed by atoms with E-state index in [2.05, 4.69) is 4.72 Å². The molecule has 0 saturated carbocycles. The van der Waals surface area contributed by atoms with Gasteiger partial charge in [0.15, 0.2) is 5.58 Å². The first kappa shape index (κ1) is 15.0. The summed E-state index contributed by atoms with van der Waals surface area (Å²) in [6.45, 7) is 0.319. The number of oxazole rings is 1. The third-order valence-electron chi connectivity index (χ3n) is 3.32. The van der Waals surface area contributed by atoms with Gasteiger partial charge in [-0.1, -0.05) is 6.07 Å². The van der Waals surface area contributed by atoms with Crippen LogP contribution < -0.4 is 10.5 Å². The van der Waals surface area contributed by atoms with E-state index in [0.29, 0.717) is 18.5 Å². The third-order valence-corrected chi connectivity index (χ3v) is 5.71. The van der Waals surface area contributed by atoms with E-state index < -0.39 is 15.8 Å². The second kappa shape index (κ2) is 5.71. The van der Waals surface area contributed by atoms with Crippen LogP contribution in [0.3, 0.4) is 0 Å². The maximum atomic E-state index is 12.3. The molecule has 8 heteroatoms. The minimum absolute atomic E-state index is 0.0838. The number of nitrogens with zero attached hydrogens (tertiary/aromatic N) is 1. The molecule has 0 spiro atoms. The van der Waals surface area contributed by atoms with Crippen LogP contribution in [-0.4, -0.2) is 19.5 Å². The number of hydrogen-bond acceptors (Lipinski definition) is 5. The fraction of sp³-hybridized carbons (Fsp3) is 0.214. The van der Waals surface area contributed by atoms with Crippen molar-refractivity contribution in [1.29, 1.82) is 0 Å². The van der Waals surface area contributed by atoms with Gasteiger partial charge in [-0.2, -0.15) is 0 Å². The fourth-order valence-electron chi connectivity index (χ4n) is 2.13. The Morgan fingerprint density at radius 2 is 2.14 bits per heavy atom. The lowest BCUT2D eigenvalue weighted by Gasteiger charge is -2.06. The van der Waals surface area contributed by atoms with E-state index in [0.717, 1.165) is 4.88 Å². The van der Waals surface area contributed by atoms with Crippen molar-refractivity contribution in [2.24, 2.45) is 7.05 Å². The van der Waals surface area contributed by atoms with Gasteiger partial charge >= 0.3 is 5.76 Å². The van der Waals surface area contributed by atoms with Crippen LogP contribution in [-0.2, 0) is 23.5 Å². The van der Waals surface area contributed by atoms with Gasteiger partial charge in [0.1, 0.15) is 0 Å². The Morgan fingerprint density at radius 3 is 2.86 bits per heavy atom. The first-order valence-corrected chi connectivity index (χ1v) is 8.95. The number of thiophene rings is 1. The fourth-order valence-corrected chi connectivity index (χ4v) is 3.88. The van der Waals surface area contributed by atoms with Crippen molar-refractivity contribution in [3.63, 3.8) is 0 Å². The zero-order valence-electron chi connectivity index (χ0n) is 11.8. The number of rotatable bonds is 5. The number of sulfonamides is 1. The van der Waals surface area contributed by atoms with Crippen molar-refractivity contribution in [1.82, 2.24) is 9.29 Å². The monoisotopic (exact) mass is 338 g/mol. The Kier molecular flexibility index (Phi) is 3.90. The van der Waals surface area contributed by atoms with E-state index in [1.165, 1.54) is 16.7 Å². The highest BCUT2D eigenvalue weighted by Crippen LogP contribution is 2.18. The molecule has 3 aromatic rings. The Morgan fingerprint density at radius 1 is 1.32 bits per heavy atom. The quantitative estimate of drug-likeness (QED) is 0.768. The molecular formula is C14H14N2O4S2. The molecule has 0 radical (unpaired) electrons. The zero-order valence-corrected chi connectivity index (χ0v) is 13.4.